The van der Waals surface area contributed by atoms with Crippen molar-refractivity contribution >= 4 is 38.6 Å². The largest absolute Gasteiger partial charge is 0.311 e. The van der Waals surface area contributed by atoms with E-state index in [9.17, 15) is 0 Å². The van der Waals surface area contributed by atoms with Gasteiger partial charge in [-0.1, -0.05) is 243 Å². The summed E-state index contributed by atoms with van der Waals surface area (Å²) in [6, 6.07) is 103. The van der Waals surface area contributed by atoms with Crippen LogP contribution < -0.4 is 4.90 Å². The van der Waals surface area contributed by atoms with Gasteiger partial charge in [0.15, 0.2) is 0 Å². The molecule has 0 aliphatic heterocycles. The van der Waals surface area contributed by atoms with Gasteiger partial charge in [0.2, 0.25) is 0 Å². The lowest BCUT2D eigenvalue weighted by Crippen LogP contribution is -2.09. The van der Waals surface area contributed by atoms with Gasteiger partial charge in [0.25, 0.3) is 0 Å². The zero-order valence-corrected chi connectivity index (χ0v) is 38.1. The van der Waals surface area contributed by atoms with Crippen molar-refractivity contribution in [1.82, 2.24) is 0 Å². The zero-order chi connectivity index (χ0) is 45.9. The lowest BCUT2D eigenvalue weighted by atomic mass is 9.83. The first-order valence-corrected chi connectivity index (χ1v) is 23.7. The van der Waals surface area contributed by atoms with E-state index in [1.165, 1.54) is 99.4 Å². The topological polar surface area (TPSA) is 3.24 Å². The van der Waals surface area contributed by atoms with Crippen LogP contribution in [0.4, 0.5) is 17.1 Å². The second kappa shape index (κ2) is 18.3. The maximum atomic E-state index is 2.37. The summed E-state index contributed by atoms with van der Waals surface area (Å²) in [6.45, 7) is 0. The molecule has 0 radical (unpaired) electrons. The van der Waals surface area contributed by atoms with E-state index in [0.717, 1.165) is 17.1 Å². The van der Waals surface area contributed by atoms with Gasteiger partial charge >= 0.3 is 0 Å². The summed E-state index contributed by atoms with van der Waals surface area (Å²) in [5, 5.41) is 4.99. The highest BCUT2D eigenvalue weighted by atomic mass is 15.1. The van der Waals surface area contributed by atoms with Crippen LogP contribution in [0.3, 0.4) is 0 Å². The number of nitrogens with zero attached hydrogens (tertiary/aromatic N) is 1. The summed E-state index contributed by atoms with van der Waals surface area (Å²) in [7, 11) is 0. The van der Waals surface area contributed by atoms with E-state index in [1.807, 2.05) is 0 Å². The first-order valence-electron chi connectivity index (χ1n) is 23.7. The molecule has 0 fully saturated rings. The molecule has 1 heteroatoms. The maximum Gasteiger partial charge on any atom is 0.0462 e. The van der Waals surface area contributed by atoms with Gasteiger partial charge in [-0.05, 0) is 142 Å². The second-order valence-electron chi connectivity index (χ2n) is 17.6. The van der Waals surface area contributed by atoms with Crippen molar-refractivity contribution in [2.45, 2.75) is 0 Å². The van der Waals surface area contributed by atoms with Crippen LogP contribution in [0.5, 0.6) is 0 Å². The Bertz CT molecular complexity index is 3700. The quantitative estimate of drug-likeness (QED) is 0.124. The SMILES string of the molecule is c1ccc(-c2ccc(N(c3ccc(-c4ccc(-c5ccccc5)cc4-c4ccccc4)cc3)c3ccc(-c4cccc5c(-c6ccccc6)c(-c6ccccc6)c6ccccc6c45)cc3)cc2)cc1. The maximum absolute atomic E-state index is 2.37. The summed E-state index contributed by atoms with van der Waals surface area (Å²) < 4.78 is 0. The molecular formula is C68H47N. The summed E-state index contributed by atoms with van der Waals surface area (Å²) in [5.74, 6) is 0. The molecule has 0 atom stereocenters. The highest BCUT2D eigenvalue weighted by Crippen LogP contribution is 2.48. The van der Waals surface area contributed by atoms with Crippen LogP contribution in [-0.2, 0) is 0 Å². The molecule has 0 amide bonds. The van der Waals surface area contributed by atoms with Crippen molar-refractivity contribution < 1.29 is 0 Å². The fraction of sp³-hybridized carbons (Fsp3) is 0. The van der Waals surface area contributed by atoms with Crippen LogP contribution in [0.15, 0.2) is 285 Å². The van der Waals surface area contributed by atoms with Gasteiger partial charge in [-0.25, -0.2) is 0 Å². The van der Waals surface area contributed by atoms with E-state index >= 15 is 0 Å². The number of benzene rings is 12. The van der Waals surface area contributed by atoms with E-state index in [0.29, 0.717) is 0 Å². The molecule has 0 bridgehead atoms. The molecule has 12 rings (SSSR count). The molecule has 1 nitrogen and oxygen atoms in total. The van der Waals surface area contributed by atoms with Crippen LogP contribution >= 0.6 is 0 Å². The molecule has 0 aliphatic rings. The van der Waals surface area contributed by atoms with Crippen LogP contribution in [0, 0.1) is 0 Å². The van der Waals surface area contributed by atoms with E-state index in [2.05, 4.69) is 290 Å². The van der Waals surface area contributed by atoms with E-state index in [4.69, 9.17) is 0 Å². The van der Waals surface area contributed by atoms with E-state index in [-0.39, 0.29) is 0 Å². The monoisotopic (exact) mass is 877 g/mol. The molecule has 0 aromatic heterocycles. The Kier molecular flexibility index (Phi) is 11.0. The first kappa shape index (κ1) is 41.4. The Labute approximate surface area is 404 Å². The Morgan fingerprint density at radius 3 is 1.06 bits per heavy atom. The predicted octanol–water partition coefficient (Wildman–Crippen LogP) is 19.1. The standard InChI is InChI=1S/C68H47N/c1-6-19-48(20-7-1)50-33-40-57(41-34-50)69(58-42-35-52(36-43-58)60-46-39-56(49-21-8-2-9-22-49)47-65(60)51-23-10-3-11-24-51)59-44-37-53(38-45-59)61-31-18-32-64-67(55-27-14-5-15-28-55)66(54-25-12-4-13-26-54)62-29-16-17-30-63(62)68(61)64/h1-47H. The second-order valence-corrected chi connectivity index (χ2v) is 17.6. The fourth-order valence-electron chi connectivity index (χ4n) is 10.2. The van der Waals surface area contributed by atoms with Crippen molar-refractivity contribution in [2.75, 3.05) is 4.90 Å². The van der Waals surface area contributed by atoms with Crippen molar-refractivity contribution in [3.05, 3.63) is 285 Å². The van der Waals surface area contributed by atoms with Crippen LogP contribution in [0.1, 0.15) is 0 Å². The lowest BCUT2D eigenvalue weighted by molar-refractivity contribution is 1.28. The minimum absolute atomic E-state index is 1.08. The molecule has 12 aromatic carbocycles. The van der Waals surface area contributed by atoms with Crippen molar-refractivity contribution in [3.8, 4) is 77.9 Å². The third-order valence-corrected chi connectivity index (χ3v) is 13.5. The van der Waals surface area contributed by atoms with Crippen molar-refractivity contribution in [3.63, 3.8) is 0 Å². The van der Waals surface area contributed by atoms with Crippen LogP contribution in [0.25, 0.3) is 99.4 Å². The van der Waals surface area contributed by atoms with Gasteiger partial charge in [0.05, 0.1) is 0 Å². The number of hydrogen-bond acceptors (Lipinski definition) is 1. The summed E-state index contributed by atoms with van der Waals surface area (Å²) in [6.07, 6.45) is 0. The zero-order valence-electron chi connectivity index (χ0n) is 38.1. The predicted molar refractivity (Wildman–Crippen MR) is 294 cm³/mol. The van der Waals surface area contributed by atoms with Gasteiger partial charge in [-0.2, -0.15) is 0 Å². The van der Waals surface area contributed by atoms with Crippen molar-refractivity contribution in [1.29, 1.82) is 0 Å². The molecule has 0 spiro atoms. The highest BCUT2D eigenvalue weighted by Gasteiger charge is 2.21. The smallest absolute Gasteiger partial charge is 0.0462 e. The number of rotatable bonds is 10. The Morgan fingerprint density at radius 2 is 0.536 bits per heavy atom. The Morgan fingerprint density at radius 1 is 0.188 bits per heavy atom. The molecule has 12 aromatic rings. The van der Waals surface area contributed by atoms with E-state index < -0.39 is 0 Å². The van der Waals surface area contributed by atoms with Gasteiger partial charge < -0.3 is 4.90 Å². The van der Waals surface area contributed by atoms with Crippen LogP contribution in [0.2, 0.25) is 0 Å². The molecule has 0 aliphatic carbocycles. The van der Waals surface area contributed by atoms with Gasteiger partial charge in [-0.15, -0.1) is 0 Å². The van der Waals surface area contributed by atoms with E-state index in [1.54, 1.807) is 0 Å². The molecule has 324 valence electrons. The molecule has 0 saturated carbocycles. The molecule has 0 unspecified atom stereocenters. The average molecular weight is 878 g/mol. The number of anilines is 3. The minimum atomic E-state index is 1.08. The normalized spacial score (nSPS) is 11.2. The average Bonchev–Trinajstić information content (AvgIpc) is 3.44. The number of fused-ring (bicyclic) bond motifs is 3. The number of hydrogen-bond donors (Lipinski definition) is 0. The van der Waals surface area contributed by atoms with Crippen molar-refractivity contribution in [2.24, 2.45) is 0 Å². The van der Waals surface area contributed by atoms with Gasteiger partial charge in [-0.3, -0.25) is 0 Å². The fourth-order valence-corrected chi connectivity index (χ4v) is 10.2. The molecule has 0 heterocycles. The Hall–Kier alpha value is -9.04. The lowest BCUT2D eigenvalue weighted by Gasteiger charge is -2.26. The molecule has 69 heavy (non-hydrogen) atoms. The van der Waals surface area contributed by atoms with Gasteiger partial charge in [0.1, 0.15) is 0 Å². The Balaban J connectivity index is 0.977. The summed E-state index contributed by atoms with van der Waals surface area (Å²) >= 11 is 0. The summed E-state index contributed by atoms with van der Waals surface area (Å²) in [4.78, 5) is 2.37. The summed E-state index contributed by atoms with van der Waals surface area (Å²) in [5.41, 5.74) is 20.1. The molecule has 0 saturated heterocycles. The highest BCUT2D eigenvalue weighted by molar-refractivity contribution is 6.25. The third kappa shape index (κ3) is 7.97. The minimum Gasteiger partial charge on any atom is -0.311 e. The van der Waals surface area contributed by atoms with Gasteiger partial charge in [0, 0.05) is 17.1 Å². The first-order chi connectivity index (χ1) is 34.2. The molecular weight excluding hydrogens is 831 g/mol. The third-order valence-electron chi connectivity index (χ3n) is 13.5. The van der Waals surface area contributed by atoms with Crippen LogP contribution in [-0.4, -0.2) is 0 Å². The molecule has 0 N–H and O–H groups in total.